The highest BCUT2D eigenvalue weighted by atomic mass is 35.5. The topological polar surface area (TPSA) is 22.0 Å². The fraction of sp³-hybridized carbons (Fsp3) is 0. The molecule has 0 saturated carbocycles. The van der Waals surface area contributed by atoms with Gasteiger partial charge in [0, 0.05) is 29.4 Å². The molecular formula is C9H6ClNO. The Morgan fingerprint density at radius 2 is 1.92 bits per heavy atom. The van der Waals surface area contributed by atoms with Gasteiger partial charge in [0.25, 0.3) is 0 Å². The summed E-state index contributed by atoms with van der Waals surface area (Å²) in [6, 6.07) is 8.69. The number of aromatic nitrogens is 1. The highest BCUT2D eigenvalue weighted by Crippen LogP contribution is 2.09. The summed E-state index contributed by atoms with van der Waals surface area (Å²) < 4.78 is 1.41. The smallest absolute Gasteiger partial charge is 0.189 e. The van der Waals surface area contributed by atoms with Gasteiger partial charge < -0.3 is 0 Å². The van der Waals surface area contributed by atoms with Gasteiger partial charge in [-0.05, 0) is 12.1 Å². The summed E-state index contributed by atoms with van der Waals surface area (Å²) in [4.78, 5) is 11.3. The lowest BCUT2D eigenvalue weighted by atomic mass is 10.2. The molecule has 1 heterocycles. The Labute approximate surface area is 74.1 Å². The van der Waals surface area contributed by atoms with Crippen LogP contribution in [0.1, 0.15) is 0 Å². The molecule has 0 saturated heterocycles. The summed E-state index contributed by atoms with van der Waals surface area (Å²) in [6.07, 6.45) is 1.55. The molecule has 0 fully saturated rings. The second-order valence-corrected chi connectivity index (χ2v) is 2.87. The maximum atomic E-state index is 11.3. The van der Waals surface area contributed by atoms with Crippen LogP contribution in [0.2, 0.25) is 0 Å². The van der Waals surface area contributed by atoms with Crippen LogP contribution in [0.25, 0.3) is 10.9 Å². The lowest BCUT2D eigenvalue weighted by molar-refractivity contribution is 1.27. The molecule has 0 aliphatic heterocycles. The fourth-order valence-electron chi connectivity index (χ4n) is 1.17. The maximum Gasteiger partial charge on any atom is 0.189 e. The number of hydrogen-bond donors (Lipinski definition) is 0. The van der Waals surface area contributed by atoms with E-state index in [1.807, 2.05) is 18.2 Å². The molecule has 0 spiro atoms. The first-order chi connectivity index (χ1) is 5.79. The van der Waals surface area contributed by atoms with Crippen LogP contribution in [-0.2, 0) is 0 Å². The maximum absolute atomic E-state index is 11.3. The second-order valence-electron chi connectivity index (χ2n) is 2.51. The number of pyridine rings is 1. The number of rotatable bonds is 0. The summed E-state index contributed by atoms with van der Waals surface area (Å²) in [5.41, 5.74) is 0.745. The highest BCUT2D eigenvalue weighted by molar-refractivity contribution is 6.18. The molecule has 0 aliphatic carbocycles. The standard InChI is InChI=1S/C9H6ClNO/c10-11-6-5-9(12)7-3-1-2-4-8(7)11/h1-6H. The number of fused-ring (bicyclic) bond motifs is 1. The highest BCUT2D eigenvalue weighted by Gasteiger charge is 1.98. The molecule has 0 radical (unpaired) electrons. The molecular weight excluding hydrogens is 174 g/mol. The van der Waals surface area contributed by atoms with Crippen LogP contribution in [0, 0.1) is 0 Å². The van der Waals surface area contributed by atoms with E-state index in [1.54, 1.807) is 12.3 Å². The Morgan fingerprint density at radius 3 is 2.67 bits per heavy atom. The van der Waals surface area contributed by atoms with Gasteiger partial charge in [0.05, 0.1) is 5.52 Å². The van der Waals surface area contributed by atoms with Gasteiger partial charge in [-0.25, -0.2) is 0 Å². The van der Waals surface area contributed by atoms with Gasteiger partial charge in [-0.3, -0.25) is 8.88 Å². The summed E-state index contributed by atoms with van der Waals surface area (Å²) in [5.74, 6) is 0. The molecule has 2 rings (SSSR count). The van der Waals surface area contributed by atoms with Crippen LogP contribution in [0.5, 0.6) is 0 Å². The van der Waals surface area contributed by atoms with Crippen molar-refractivity contribution >= 4 is 22.7 Å². The van der Waals surface area contributed by atoms with Gasteiger partial charge in [-0.2, -0.15) is 0 Å². The van der Waals surface area contributed by atoms with Gasteiger partial charge in [-0.1, -0.05) is 12.1 Å². The van der Waals surface area contributed by atoms with E-state index in [0.29, 0.717) is 5.39 Å². The summed E-state index contributed by atoms with van der Waals surface area (Å²) in [5, 5.41) is 0.648. The molecule has 0 unspecified atom stereocenters. The largest absolute Gasteiger partial charge is 0.289 e. The zero-order valence-electron chi connectivity index (χ0n) is 6.20. The number of nitrogens with zero attached hydrogens (tertiary/aromatic N) is 1. The molecule has 3 heteroatoms. The Morgan fingerprint density at radius 1 is 1.17 bits per heavy atom. The monoisotopic (exact) mass is 179 g/mol. The van der Waals surface area contributed by atoms with Crippen molar-refractivity contribution in [3.8, 4) is 0 Å². The molecule has 0 aliphatic rings. The summed E-state index contributed by atoms with van der Waals surface area (Å²) >= 11 is 5.81. The van der Waals surface area contributed by atoms with E-state index in [9.17, 15) is 4.79 Å². The van der Waals surface area contributed by atoms with Crippen LogP contribution in [0.15, 0.2) is 41.3 Å². The number of halogens is 1. The number of para-hydroxylation sites is 1. The third-order valence-corrected chi connectivity index (χ3v) is 2.05. The van der Waals surface area contributed by atoms with Crippen molar-refractivity contribution in [1.29, 1.82) is 0 Å². The normalized spacial score (nSPS) is 10.4. The minimum atomic E-state index is 0.00231. The van der Waals surface area contributed by atoms with Crippen molar-refractivity contribution in [3.05, 3.63) is 46.8 Å². The van der Waals surface area contributed by atoms with E-state index >= 15 is 0 Å². The van der Waals surface area contributed by atoms with Crippen LogP contribution in [0.4, 0.5) is 0 Å². The molecule has 0 bridgehead atoms. The molecule has 0 N–H and O–H groups in total. The van der Waals surface area contributed by atoms with Crippen LogP contribution >= 0.6 is 11.8 Å². The first-order valence-corrected chi connectivity index (χ1v) is 3.89. The van der Waals surface area contributed by atoms with Crippen molar-refractivity contribution in [1.82, 2.24) is 4.09 Å². The Balaban J connectivity index is 3.05. The van der Waals surface area contributed by atoms with E-state index < -0.39 is 0 Å². The molecule has 2 nitrogen and oxygen atoms in total. The SMILES string of the molecule is O=c1ccn(Cl)c2ccccc12. The third-order valence-electron chi connectivity index (χ3n) is 1.76. The van der Waals surface area contributed by atoms with E-state index in [0.717, 1.165) is 5.52 Å². The first kappa shape index (κ1) is 7.37. The first-order valence-electron chi connectivity index (χ1n) is 3.55. The van der Waals surface area contributed by atoms with Gasteiger partial charge in [-0.15, -0.1) is 0 Å². The summed E-state index contributed by atoms with van der Waals surface area (Å²) in [7, 11) is 0. The van der Waals surface area contributed by atoms with Crippen molar-refractivity contribution in [3.63, 3.8) is 0 Å². The molecule has 2 aromatic rings. The zero-order chi connectivity index (χ0) is 8.55. The predicted octanol–water partition coefficient (Wildman–Crippen LogP) is 2.00. The van der Waals surface area contributed by atoms with Crippen molar-refractivity contribution in [2.75, 3.05) is 0 Å². The molecule has 12 heavy (non-hydrogen) atoms. The van der Waals surface area contributed by atoms with Gasteiger partial charge in [0.2, 0.25) is 0 Å². The lowest BCUT2D eigenvalue weighted by Gasteiger charge is -1.99. The number of hydrogen-bond acceptors (Lipinski definition) is 1. The lowest BCUT2D eigenvalue weighted by Crippen LogP contribution is -2.01. The number of benzene rings is 1. The minimum Gasteiger partial charge on any atom is -0.289 e. The van der Waals surface area contributed by atoms with Gasteiger partial charge in [0.1, 0.15) is 0 Å². The predicted molar refractivity (Wildman–Crippen MR) is 49.5 cm³/mol. The average molecular weight is 180 g/mol. The quantitative estimate of drug-likeness (QED) is 0.607. The Bertz CT molecular complexity index is 475. The fourth-order valence-corrected chi connectivity index (χ4v) is 1.38. The third kappa shape index (κ3) is 1.01. The zero-order valence-corrected chi connectivity index (χ0v) is 6.95. The van der Waals surface area contributed by atoms with E-state index in [2.05, 4.69) is 0 Å². The van der Waals surface area contributed by atoms with E-state index in [4.69, 9.17) is 11.8 Å². The van der Waals surface area contributed by atoms with E-state index in [1.165, 1.54) is 10.2 Å². The van der Waals surface area contributed by atoms with Crippen molar-refractivity contribution in [2.45, 2.75) is 0 Å². The van der Waals surface area contributed by atoms with Gasteiger partial charge in [0.15, 0.2) is 5.43 Å². The minimum absolute atomic E-state index is 0.00231. The van der Waals surface area contributed by atoms with Crippen molar-refractivity contribution in [2.24, 2.45) is 0 Å². The van der Waals surface area contributed by atoms with Crippen molar-refractivity contribution < 1.29 is 0 Å². The van der Waals surface area contributed by atoms with Crippen LogP contribution in [-0.4, -0.2) is 4.09 Å². The molecule has 0 amide bonds. The molecule has 1 aromatic carbocycles. The molecule has 0 atom stereocenters. The van der Waals surface area contributed by atoms with Crippen LogP contribution in [0.3, 0.4) is 0 Å². The molecule has 60 valence electrons. The second kappa shape index (κ2) is 2.64. The average Bonchev–Trinajstić information content (AvgIpc) is 2.12. The Kier molecular flexibility index (Phi) is 1.62. The van der Waals surface area contributed by atoms with E-state index in [-0.39, 0.29) is 5.43 Å². The van der Waals surface area contributed by atoms with Crippen LogP contribution < -0.4 is 5.43 Å². The Hall–Kier alpha value is -1.28. The summed E-state index contributed by atoms with van der Waals surface area (Å²) in [6.45, 7) is 0. The molecule has 1 aromatic heterocycles. The van der Waals surface area contributed by atoms with Gasteiger partial charge >= 0.3 is 0 Å².